The molecule has 0 saturated carbocycles. The zero-order valence-electron chi connectivity index (χ0n) is 11.0. The molecule has 0 spiro atoms. The maximum atomic E-state index is 11.7. The molecule has 1 aliphatic rings. The zero-order valence-corrected chi connectivity index (χ0v) is 11.0. The first-order valence-electron chi connectivity index (χ1n) is 6.16. The minimum Gasteiger partial charge on any atom is -0.338 e. The number of carbonyl (C=O) groups excluding carboxylic acids is 1. The molecule has 0 aromatic heterocycles. The molecule has 4 heteroatoms. The van der Waals surface area contributed by atoms with Crippen LogP contribution in [-0.2, 0) is 0 Å². The standard InChI is InChI=1S/C12H25N3O/c1-10(2)9-13-11(16)14-12(3)5-7-15(4)8-6-12/h10H,5-9H2,1-4H3,(H2,13,14,16). The van der Waals surface area contributed by atoms with Crippen molar-refractivity contribution in [3.63, 3.8) is 0 Å². The monoisotopic (exact) mass is 227 g/mol. The van der Waals surface area contributed by atoms with Crippen LogP contribution in [0.25, 0.3) is 0 Å². The van der Waals surface area contributed by atoms with Gasteiger partial charge in [-0.05, 0) is 32.7 Å². The topological polar surface area (TPSA) is 44.4 Å². The summed E-state index contributed by atoms with van der Waals surface area (Å²) in [7, 11) is 2.12. The lowest BCUT2D eigenvalue weighted by Crippen LogP contribution is -2.55. The van der Waals surface area contributed by atoms with Gasteiger partial charge < -0.3 is 15.5 Å². The van der Waals surface area contributed by atoms with Crippen LogP contribution in [0.15, 0.2) is 0 Å². The maximum Gasteiger partial charge on any atom is 0.315 e. The minimum absolute atomic E-state index is 0.0271. The molecule has 4 nitrogen and oxygen atoms in total. The van der Waals surface area contributed by atoms with Crippen LogP contribution < -0.4 is 10.6 Å². The summed E-state index contributed by atoms with van der Waals surface area (Å²) in [5.74, 6) is 0.496. The molecular weight excluding hydrogens is 202 g/mol. The molecule has 1 heterocycles. The van der Waals surface area contributed by atoms with E-state index >= 15 is 0 Å². The second-order valence-electron chi connectivity index (χ2n) is 5.59. The number of nitrogens with zero attached hydrogens (tertiary/aromatic N) is 1. The molecule has 2 N–H and O–H groups in total. The van der Waals surface area contributed by atoms with E-state index in [1.54, 1.807) is 0 Å². The number of hydrogen-bond acceptors (Lipinski definition) is 2. The molecule has 1 rings (SSSR count). The third-order valence-electron chi connectivity index (χ3n) is 3.18. The fourth-order valence-electron chi connectivity index (χ4n) is 1.85. The van der Waals surface area contributed by atoms with Crippen molar-refractivity contribution >= 4 is 6.03 Å². The summed E-state index contributed by atoms with van der Waals surface area (Å²) in [5.41, 5.74) is -0.0342. The molecule has 94 valence electrons. The molecule has 0 unspecified atom stereocenters. The third-order valence-corrected chi connectivity index (χ3v) is 3.18. The summed E-state index contributed by atoms with van der Waals surface area (Å²) < 4.78 is 0. The quantitative estimate of drug-likeness (QED) is 0.766. The first kappa shape index (κ1) is 13.3. The van der Waals surface area contributed by atoms with Crippen LogP contribution >= 0.6 is 0 Å². The van der Waals surface area contributed by atoms with Crippen LogP contribution in [0.4, 0.5) is 4.79 Å². The highest BCUT2D eigenvalue weighted by molar-refractivity contribution is 5.74. The number of likely N-dealkylation sites (tertiary alicyclic amines) is 1. The summed E-state index contributed by atoms with van der Waals surface area (Å²) in [6, 6.07) is -0.0271. The summed E-state index contributed by atoms with van der Waals surface area (Å²) in [6.45, 7) is 9.17. The second-order valence-corrected chi connectivity index (χ2v) is 5.59. The van der Waals surface area contributed by atoms with Crippen molar-refractivity contribution in [3.05, 3.63) is 0 Å². The van der Waals surface area contributed by atoms with Crippen LogP contribution in [0.3, 0.4) is 0 Å². The van der Waals surface area contributed by atoms with Crippen molar-refractivity contribution in [1.82, 2.24) is 15.5 Å². The normalized spacial score (nSPS) is 20.8. The summed E-state index contributed by atoms with van der Waals surface area (Å²) in [6.07, 6.45) is 2.05. The fourth-order valence-corrected chi connectivity index (χ4v) is 1.85. The van der Waals surface area contributed by atoms with Gasteiger partial charge in [0.05, 0.1) is 0 Å². The van der Waals surface area contributed by atoms with E-state index in [4.69, 9.17) is 0 Å². The van der Waals surface area contributed by atoms with Gasteiger partial charge in [0.15, 0.2) is 0 Å². The largest absolute Gasteiger partial charge is 0.338 e. The van der Waals surface area contributed by atoms with E-state index in [0.717, 1.165) is 32.5 Å². The lowest BCUT2D eigenvalue weighted by molar-refractivity contribution is 0.168. The Labute approximate surface area is 98.8 Å². The fraction of sp³-hybridized carbons (Fsp3) is 0.917. The number of hydrogen-bond donors (Lipinski definition) is 2. The molecule has 2 amide bonds. The smallest absolute Gasteiger partial charge is 0.315 e. The number of piperidine rings is 1. The Morgan fingerprint density at radius 3 is 2.44 bits per heavy atom. The molecule has 1 fully saturated rings. The minimum atomic E-state index is -0.0342. The molecule has 16 heavy (non-hydrogen) atoms. The van der Waals surface area contributed by atoms with Crippen LogP contribution in [0, 0.1) is 5.92 Å². The van der Waals surface area contributed by atoms with Crippen LogP contribution in [0.5, 0.6) is 0 Å². The lowest BCUT2D eigenvalue weighted by Gasteiger charge is -2.38. The number of carbonyl (C=O) groups is 1. The first-order chi connectivity index (χ1) is 7.41. The van der Waals surface area contributed by atoms with E-state index in [0.29, 0.717) is 5.92 Å². The zero-order chi connectivity index (χ0) is 12.2. The van der Waals surface area contributed by atoms with Gasteiger partial charge in [0.1, 0.15) is 0 Å². The van der Waals surface area contributed by atoms with Gasteiger partial charge in [-0.15, -0.1) is 0 Å². The second kappa shape index (κ2) is 5.53. The Morgan fingerprint density at radius 2 is 1.94 bits per heavy atom. The summed E-state index contributed by atoms with van der Waals surface area (Å²) >= 11 is 0. The number of amides is 2. The van der Waals surface area contributed by atoms with Crippen molar-refractivity contribution < 1.29 is 4.79 Å². The van der Waals surface area contributed by atoms with E-state index in [-0.39, 0.29) is 11.6 Å². The number of rotatable bonds is 3. The van der Waals surface area contributed by atoms with Crippen molar-refractivity contribution in [3.8, 4) is 0 Å². The average Bonchev–Trinajstić information content (AvgIpc) is 2.20. The predicted octanol–water partition coefficient (Wildman–Crippen LogP) is 1.43. The molecule has 0 aromatic carbocycles. The van der Waals surface area contributed by atoms with Gasteiger partial charge in [-0.25, -0.2) is 4.79 Å². The molecule has 1 aliphatic heterocycles. The van der Waals surface area contributed by atoms with E-state index in [9.17, 15) is 4.79 Å². The molecule has 1 saturated heterocycles. The number of urea groups is 1. The van der Waals surface area contributed by atoms with E-state index < -0.39 is 0 Å². The molecular formula is C12H25N3O. The van der Waals surface area contributed by atoms with Crippen molar-refractivity contribution in [2.24, 2.45) is 5.92 Å². The average molecular weight is 227 g/mol. The van der Waals surface area contributed by atoms with E-state index in [1.807, 2.05) is 0 Å². The molecule has 0 atom stereocenters. The SMILES string of the molecule is CC(C)CNC(=O)NC1(C)CCN(C)CC1. The highest BCUT2D eigenvalue weighted by atomic mass is 16.2. The Hall–Kier alpha value is -0.770. The summed E-state index contributed by atoms with van der Waals surface area (Å²) in [4.78, 5) is 14.0. The number of nitrogens with one attached hydrogen (secondary N) is 2. The van der Waals surface area contributed by atoms with Crippen molar-refractivity contribution in [2.75, 3.05) is 26.7 Å². The highest BCUT2D eigenvalue weighted by Crippen LogP contribution is 2.20. The first-order valence-corrected chi connectivity index (χ1v) is 6.16. The van der Waals surface area contributed by atoms with Gasteiger partial charge in [0.2, 0.25) is 0 Å². The van der Waals surface area contributed by atoms with E-state index in [1.165, 1.54) is 0 Å². The molecule has 0 bridgehead atoms. The molecule has 0 radical (unpaired) electrons. The van der Waals surface area contributed by atoms with Crippen LogP contribution in [0.1, 0.15) is 33.6 Å². The predicted molar refractivity (Wildman–Crippen MR) is 66.5 cm³/mol. The molecule has 0 aromatic rings. The Balaban J connectivity index is 2.32. The Kier molecular flexibility index (Phi) is 4.59. The van der Waals surface area contributed by atoms with Crippen molar-refractivity contribution in [1.29, 1.82) is 0 Å². The Morgan fingerprint density at radius 1 is 1.38 bits per heavy atom. The highest BCUT2D eigenvalue weighted by Gasteiger charge is 2.30. The van der Waals surface area contributed by atoms with Gasteiger partial charge in [-0.2, -0.15) is 0 Å². The van der Waals surface area contributed by atoms with Gasteiger partial charge in [-0.3, -0.25) is 0 Å². The van der Waals surface area contributed by atoms with Crippen LogP contribution in [0.2, 0.25) is 0 Å². The van der Waals surface area contributed by atoms with Gasteiger partial charge in [0, 0.05) is 25.2 Å². The lowest BCUT2D eigenvalue weighted by atomic mass is 9.90. The van der Waals surface area contributed by atoms with Crippen molar-refractivity contribution in [2.45, 2.75) is 39.2 Å². The van der Waals surface area contributed by atoms with E-state index in [2.05, 4.69) is 43.4 Å². The summed E-state index contributed by atoms with van der Waals surface area (Å²) in [5, 5.41) is 6.00. The van der Waals surface area contributed by atoms with Gasteiger partial charge in [-0.1, -0.05) is 13.8 Å². The van der Waals surface area contributed by atoms with Gasteiger partial charge >= 0.3 is 6.03 Å². The third kappa shape index (κ3) is 4.39. The van der Waals surface area contributed by atoms with Gasteiger partial charge in [0.25, 0.3) is 0 Å². The molecule has 0 aliphatic carbocycles. The Bertz CT molecular complexity index is 232. The van der Waals surface area contributed by atoms with Crippen LogP contribution in [-0.4, -0.2) is 43.2 Å². The maximum absolute atomic E-state index is 11.7.